The molecule has 2 aromatic rings. The molecule has 1 aliphatic rings. The van der Waals surface area contributed by atoms with Crippen LogP contribution in [0.2, 0.25) is 0 Å². The molecule has 0 amide bonds. The second-order valence-corrected chi connectivity index (χ2v) is 5.61. The summed E-state index contributed by atoms with van der Waals surface area (Å²) in [5.41, 5.74) is 1.56. The molecule has 1 aliphatic carbocycles. The van der Waals surface area contributed by atoms with Gasteiger partial charge in [0.25, 0.3) is 0 Å². The molecule has 0 saturated heterocycles. The first-order valence-corrected chi connectivity index (χ1v) is 6.29. The van der Waals surface area contributed by atoms with E-state index in [0.717, 1.165) is 17.8 Å². The summed E-state index contributed by atoms with van der Waals surface area (Å²) >= 11 is 5.92. The SMILES string of the molecule is CC1(C)CC1n1c(CCl)nc2c(F)cccc21. The minimum absolute atomic E-state index is 0.265. The number of imidazole rings is 1. The number of fused-ring (bicyclic) bond motifs is 1. The second kappa shape index (κ2) is 3.45. The van der Waals surface area contributed by atoms with Crippen LogP contribution < -0.4 is 0 Å². The van der Waals surface area contributed by atoms with Gasteiger partial charge in [-0.25, -0.2) is 9.37 Å². The number of halogens is 2. The van der Waals surface area contributed by atoms with Gasteiger partial charge in [-0.1, -0.05) is 19.9 Å². The Morgan fingerprint density at radius 3 is 2.82 bits per heavy atom. The van der Waals surface area contributed by atoms with Crippen LogP contribution in [-0.4, -0.2) is 9.55 Å². The van der Waals surface area contributed by atoms with Crippen molar-refractivity contribution in [3.8, 4) is 0 Å². The molecule has 1 aromatic heterocycles. The molecule has 1 heterocycles. The third-order valence-corrected chi connectivity index (χ3v) is 3.88. The molecule has 0 bridgehead atoms. The first kappa shape index (κ1) is 11.0. The molecule has 0 spiro atoms. The predicted molar refractivity (Wildman–Crippen MR) is 66.7 cm³/mol. The van der Waals surface area contributed by atoms with Crippen LogP contribution in [0.15, 0.2) is 18.2 Å². The Balaban J connectivity index is 2.25. The molecular weight excluding hydrogens is 239 g/mol. The molecule has 17 heavy (non-hydrogen) atoms. The summed E-state index contributed by atoms with van der Waals surface area (Å²) in [5, 5.41) is 0. The van der Waals surface area contributed by atoms with E-state index in [-0.39, 0.29) is 11.2 Å². The van der Waals surface area contributed by atoms with Crippen LogP contribution in [0, 0.1) is 11.2 Å². The second-order valence-electron chi connectivity index (χ2n) is 5.35. The van der Waals surface area contributed by atoms with Gasteiger partial charge >= 0.3 is 0 Å². The lowest BCUT2D eigenvalue weighted by molar-refractivity contribution is 0.540. The van der Waals surface area contributed by atoms with Gasteiger partial charge in [0.2, 0.25) is 0 Å². The van der Waals surface area contributed by atoms with Gasteiger partial charge in [0.05, 0.1) is 11.4 Å². The van der Waals surface area contributed by atoms with Crippen molar-refractivity contribution >= 4 is 22.6 Å². The molecule has 1 atom stereocenters. The Morgan fingerprint density at radius 2 is 2.24 bits per heavy atom. The maximum Gasteiger partial charge on any atom is 0.151 e. The Morgan fingerprint density at radius 1 is 1.53 bits per heavy atom. The summed E-state index contributed by atoms with van der Waals surface area (Å²) in [7, 11) is 0. The number of rotatable bonds is 2. The molecule has 0 aliphatic heterocycles. The number of hydrogen-bond donors (Lipinski definition) is 0. The monoisotopic (exact) mass is 252 g/mol. The summed E-state index contributed by atoms with van der Waals surface area (Å²) in [6.07, 6.45) is 1.10. The Labute approximate surface area is 104 Å². The zero-order valence-corrected chi connectivity index (χ0v) is 10.6. The smallest absolute Gasteiger partial charge is 0.151 e. The quantitative estimate of drug-likeness (QED) is 0.742. The highest BCUT2D eigenvalue weighted by Gasteiger charge is 2.48. The van der Waals surface area contributed by atoms with Crippen molar-refractivity contribution in [2.45, 2.75) is 32.2 Å². The van der Waals surface area contributed by atoms with Crippen LogP contribution in [-0.2, 0) is 5.88 Å². The molecule has 1 aromatic carbocycles. The van der Waals surface area contributed by atoms with E-state index in [4.69, 9.17) is 11.6 Å². The zero-order valence-electron chi connectivity index (χ0n) is 9.87. The highest BCUT2D eigenvalue weighted by molar-refractivity contribution is 6.16. The number of benzene rings is 1. The van der Waals surface area contributed by atoms with Crippen LogP contribution in [0.3, 0.4) is 0 Å². The van der Waals surface area contributed by atoms with E-state index < -0.39 is 0 Å². The molecule has 3 rings (SSSR count). The molecule has 2 nitrogen and oxygen atoms in total. The van der Waals surface area contributed by atoms with Crippen LogP contribution in [0.1, 0.15) is 32.1 Å². The fourth-order valence-corrected chi connectivity index (χ4v) is 2.64. The highest BCUT2D eigenvalue weighted by Crippen LogP contribution is 2.56. The molecule has 1 fully saturated rings. The normalized spacial score (nSPS) is 22.0. The van der Waals surface area contributed by atoms with Crippen molar-refractivity contribution in [1.82, 2.24) is 9.55 Å². The highest BCUT2D eigenvalue weighted by atomic mass is 35.5. The average Bonchev–Trinajstić information content (AvgIpc) is 2.75. The van der Waals surface area contributed by atoms with E-state index in [2.05, 4.69) is 23.4 Å². The van der Waals surface area contributed by atoms with Crippen molar-refractivity contribution in [2.24, 2.45) is 5.41 Å². The van der Waals surface area contributed by atoms with Crippen molar-refractivity contribution in [1.29, 1.82) is 0 Å². The van der Waals surface area contributed by atoms with Gasteiger partial charge < -0.3 is 4.57 Å². The summed E-state index contributed by atoms with van der Waals surface area (Å²) < 4.78 is 15.8. The average molecular weight is 253 g/mol. The van der Waals surface area contributed by atoms with E-state index in [1.165, 1.54) is 6.07 Å². The zero-order chi connectivity index (χ0) is 12.2. The Bertz CT molecular complexity index is 588. The molecule has 4 heteroatoms. The third-order valence-electron chi connectivity index (χ3n) is 3.64. The number of hydrogen-bond acceptors (Lipinski definition) is 1. The standard InChI is InChI=1S/C13H14ClFN2/c1-13(2)6-10(13)17-9-5-3-4-8(15)12(9)16-11(17)7-14/h3-5,10H,6-7H2,1-2H3. The maximum atomic E-state index is 13.7. The molecular formula is C13H14ClFN2. The van der Waals surface area contributed by atoms with Gasteiger partial charge in [-0.05, 0) is 24.0 Å². The van der Waals surface area contributed by atoms with E-state index in [1.54, 1.807) is 6.07 Å². The van der Waals surface area contributed by atoms with Gasteiger partial charge in [0.15, 0.2) is 5.82 Å². The summed E-state index contributed by atoms with van der Waals surface area (Å²) in [4.78, 5) is 4.31. The number of nitrogens with zero attached hydrogens (tertiary/aromatic N) is 2. The number of aromatic nitrogens is 2. The summed E-state index contributed by atoms with van der Waals surface area (Å²) in [6.45, 7) is 4.42. The van der Waals surface area contributed by atoms with Crippen LogP contribution in [0.4, 0.5) is 4.39 Å². The van der Waals surface area contributed by atoms with E-state index in [1.807, 2.05) is 6.07 Å². The first-order chi connectivity index (χ1) is 8.04. The molecule has 1 unspecified atom stereocenters. The minimum atomic E-state index is -0.272. The molecule has 0 N–H and O–H groups in total. The first-order valence-electron chi connectivity index (χ1n) is 5.76. The van der Waals surface area contributed by atoms with Crippen LogP contribution >= 0.6 is 11.6 Å². The summed E-state index contributed by atoms with van der Waals surface area (Å²) in [6, 6.07) is 5.47. The van der Waals surface area contributed by atoms with Gasteiger partial charge in [-0.2, -0.15) is 0 Å². The van der Waals surface area contributed by atoms with E-state index in [0.29, 0.717) is 17.4 Å². The van der Waals surface area contributed by atoms with Crippen molar-refractivity contribution in [3.63, 3.8) is 0 Å². The Hall–Kier alpha value is -1.09. The van der Waals surface area contributed by atoms with Crippen molar-refractivity contribution < 1.29 is 4.39 Å². The lowest BCUT2D eigenvalue weighted by Gasteiger charge is -2.09. The maximum absolute atomic E-state index is 13.7. The van der Waals surface area contributed by atoms with E-state index in [9.17, 15) is 4.39 Å². The summed E-state index contributed by atoms with van der Waals surface area (Å²) in [5.74, 6) is 0.814. The Kier molecular flexibility index (Phi) is 2.24. The van der Waals surface area contributed by atoms with Crippen LogP contribution in [0.25, 0.3) is 11.0 Å². The predicted octanol–water partition coefficient (Wildman–Crippen LogP) is 3.89. The van der Waals surface area contributed by atoms with Crippen molar-refractivity contribution in [3.05, 3.63) is 29.8 Å². The molecule has 0 radical (unpaired) electrons. The third kappa shape index (κ3) is 1.56. The lowest BCUT2D eigenvalue weighted by atomic mass is 10.2. The number of para-hydroxylation sites is 1. The minimum Gasteiger partial charge on any atom is -0.323 e. The van der Waals surface area contributed by atoms with Gasteiger partial charge in [0, 0.05) is 6.04 Å². The lowest BCUT2D eigenvalue weighted by Crippen LogP contribution is -2.04. The fourth-order valence-electron chi connectivity index (χ4n) is 2.45. The molecule has 1 saturated carbocycles. The van der Waals surface area contributed by atoms with Crippen molar-refractivity contribution in [2.75, 3.05) is 0 Å². The van der Waals surface area contributed by atoms with E-state index >= 15 is 0 Å². The number of alkyl halides is 1. The fraction of sp³-hybridized carbons (Fsp3) is 0.462. The topological polar surface area (TPSA) is 17.8 Å². The van der Waals surface area contributed by atoms with Crippen LogP contribution in [0.5, 0.6) is 0 Å². The largest absolute Gasteiger partial charge is 0.323 e. The molecule has 90 valence electrons. The van der Waals surface area contributed by atoms with Gasteiger partial charge in [-0.15, -0.1) is 11.6 Å². The van der Waals surface area contributed by atoms with Gasteiger partial charge in [-0.3, -0.25) is 0 Å². The van der Waals surface area contributed by atoms with Gasteiger partial charge in [0.1, 0.15) is 11.3 Å².